The molecule has 0 aromatic heterocycles. The average Bonchev–Trinajstić information content (AvgIpc) is 2.67. The number of nitrogen functional groups attached to an aromatic ring is 1. The third-order valence-corrected chi connectivity index (χ3v) is 4.55. The summed E-state index contributed by atoms with van der Waals surface area (Å²) in [6.45, 7) is 0. The van der Waals surface area contributed by atoms with Crippen LogP contribution in [0, 0.1) is 10.1 Å². The standard InChI is InChI=1S/C8H7F3N2O3S.C8H5F3N2O3/c9-8(10,11)7(14)13-17(15,16)6-3-1-2-5(12)4-6;9-8(10,11)7(14)12-5-2-1-3-6(4-5)13(15)16/h1-4H,12H2,(H,13,14);1-4H,(H,12,14). The summed E-state index contributed by atoms with van der Waals surface area (Å²) < 4.78 is 94.8. The van der Waals surface area contributed by atoms with Crippen LogP contribution in [-0.4, -0.2) is 37.5 Å². The number of rotatable bonds is 4. The molecule has 17 heteroatoms. The van der Waals surface area contributed by atoms with Gasteiger partial charge < -0.3 is 11.1 Å². The molecular formula is C16H12F6N4O6S. The third kappa shape index (κ3) is 8.63. The second-order valence-electron chi connectivity index (χ2n) is 5.76. The van der Waals surface area contributed by atoms with Gasteiger partial charge in [-0.05, 0) is 24.3 Å². The molecule has 0 saturated carbocycles. The van der Waals surface area contributed by atoms with Crippen LogP contribution in [-0.2, 0) is 19.6 Å². The number of amides is 2. The Bertz CT molecular complexity index is 1150. The number of non-ortho nitro benzene ring substituents is 1. The molecule has 0 aliphatic carbocycles. The van der Waals surface area contributed by atoms with Crippen LogP contribution >= 0.6 is 0 Å². The molecule has 0 aliphatic heterocycles. The molecule has 2 aromatic rings. The van der Waals surface area contributed by atoms with E-state index >= 15 is 0 Å². The Morgan fingerprint density at radius 3 is 1.94 bits per heavy atom. The number of nitro benzene ring substituents is 1. The number of alkyl halides is 6. The summed E-state index contributed by atoms with van der Waals surface area (Å²) >= 11 is 0. The molecule has 0 spiro atoms. The number of nitrogens with two attached hydrogens (primary N) is 1. The van der Waals surface area contributed by atoms with Crippen LogP contribution in [0.4, 0.5) is 43.4 Å². The van der Waals surface area contributed by atoms with Gasteiger partial charge in [0.05, 0.1) is 9.82 Å². The highest BCUT2D eigenvalue weighted by Gasteiger charge is 2.41. The first kappa shape index (κ1) is 27.1. The van der Waals surface area contributed by atoms with E-state index in [1.165, 1.54) is 23.5 Å². The van der Waals surface area contributed by atoms with Gasteiger partial charge in [-0.15, -0.1) is 0 Å². The molecule has 4 N–H and O–H groups in total. The minimum Gasteiger partial charge on any atom is -0.399 e. The Labute approximate surface area is 180 Å². The third-order valence-electron chi connectivity index (χ3n) is 3.23. The van der Waals surface area contributed by atoms with E-state index in [1.54, 1.807) is 0 Å². The van der Waals surface area contributed by atoms with Gasteiger partial charge in [0.15, 0.2) is 0 Å². The van der Waals surface area contributed by atoms with Crippen molar-refractivity contribution in [3.05, 3.63) is 58.6 Å². The number of nitrogens with zero attached hydrogens (tertiary/aromatic N) is 1. The van der Waals surface area contributed by atoms with Crippen molar-refractivity contribution >= 4 is 38.9 Å². The molecule has 0 bridgehead atoms. The predicted octanol–water partition coefficient (Wildman–Crippen LogP) is 2.73. The molecule has 0 saturated heterocycles. The van der Waals surface area contributed by atoms with Crippen LogP contribution in [0.3, 0.4) is 0 Å². The highest BCUT2D eigenvalue weighted by Crippen LogP contribution is 2.21. The molecule has 180 valence electrons. The van der Waals surface area contributed by atoms with E-state index in [4.69, 9.17) is 5.73 Å². The first-order chi connectivity index (χ1) is 14.9. The van der Waals surface area contributed by atoms with E-state index in [2.05, 4.69) is 0 Å². The minimum absolute atomic E-state index is 0.0485. The molecule has 10 nitrogen and oxygen atoms in total. The molecule has 0 fully saturated rings. The number of benzene rings is 2. The Kier molecular flexibility index (Phi) is 8.35. The molecule has 2 rings (SSSR count). The van der Waals surface area contributed by atoms with Crippen LogP contribution < -0.4 is 15.8 Å². The quantitative estimate of drug-likeness (QED) is 0.251. The van der Waals surface area contributed by atoms with Crippen molar-refractivity contribution in [2.75, 3.05) is 11.1 Å². The summed E-state index contributed by atoms with van der Waals surface area (Å²) in [7, 11) is -4.56. The SMILES string of the molecule is Nc1cccc(S(=O)(=O)NC(=O)C(F)(F)F)c1.O=C(Nc1cccc([N+](=O)[O-])c1)C(F)(F)F. The Morgan fingerprint density at radius 1 is 0.909 bits per heavy atom. The molecule has 0 radical (unpaired) electrons. The first-order valence-corrected chi connectivity index (χ1v) is 9.54. The van der Waals surface area contributed by atoms with Crippen molar-refractivity contribution < 1.29 is 49.3 Å². The molecular weight excluding hydrogens is 490 g/mol. The zero-order valence-corrected chi connectivity index (χ0v) is 16.6. The maximum Gasteiger partial charge on any atom is 0.472 e. The first-order valence-electron chi connectivity index (χ1n) is 8.05. The number of carbonyl (C=O) groups is 2. The van der Waals surface area contributed by atoms with Crippen molar-refractivity contribution in [2.45, 2.75) is 17.2 Å². The number of carbonyl (C=O) groups excluding carboxylic acids is 2. The molecule has 0 unspecified atom stereocenters. The van der Waals surface area contributed by atoms with E-state index in [-0.39, 0.29) is 11.4 Å². The molecule has 0 heterocycles. The molecule has 0 atom stereocenters. The van der Waals surface area contributed by atoms with Gasteiger partial charge in [-0.1, -0.05) is 12.1 Å². The number of nitro groups is 1. The van der Waals surface area contributed by atoms with E-state index < -0.39 is 49.7 Å². The Hall–Kier alpha value is -3.89. The van der Waals surface area contributed by atoms with Gasteiger partial charge in [0.2, 0.25) is 0 Å². The summed E-state index contributed by atoms with van der Waals surface area (Å²) in [5.41, 5.74) is 4.64. The lowest BCUT2D eigenvalue weighted by Crippen LogP contribution is -2.40. The number of hydrogen-bond donors (Lipinski definition) is 3. The van der Waals surface area contributed by atoms with Gasteiger partial charge in [0.1, 0.15) is 0 Å². The second kappa shape index (κ2) is 10.2. The topological polar surface area (TPSA) is 162 Å². The lowest BCUT2D eigenvalue weighted by Gasteiger charge is -2.09. The van der Waals surface area contributed by atoms with Gasteiger partial charge in [-0.2, -0.15) is 26.3 Å². The average molecular weight is 502 g/mol. The predicted molar refractivity (Wildman–Crippen MR) is 100 cm³/mol. The number of sulfonamides is 1. The van der Waals surface area contributed by atoms with Crippen molar-refractivity contribution in [3.8, 4) is 0 Å². The number of anilines is 2. The number of halogens is 6. The van der Waals surface area contributed by atoms with E-state index in [1.807, 2.05) is 0 Å². The lowest BCUT2D eigenvalue weighted by atomic mass is 10.3. The molecule has 2 amide bonds. The zero-order valence-electron chi connectivity index (χ0n) is 15.8. The van der Waals surface area contributed by atoms with Crippen LogP contribution in [0.25, 0.3) is 0 Å². The second-order valence-corrected chi connectivity index (χ2v) is 7.45. The van der Waals surface area contributed by atoms with Gasteiger partial charge in [-0.3, -0.25) is 19.7 Å². The van der Waals surface area contributed by atoms with Crippen LogP contribution in [0.5, 0.6) is 0 Å². The van der Waals surface area contributed by atoms with Crippen LogP contribution in [0.15, 0.2) is 53.4 Å². The summed E-state index contributed by atoms with van der Waals surface area (Å²) in [6, 6.07) is 8.77. The van der Waals surface area contributed by atoms with Crippen molar-refractivity contribution in [1.29, 1.82) is 0 Å². The summed E-state index contributed by atoms with van der Waals surface area (Å²) in [4.78, 5) is 30.0. The molecule has 0 aliphatic rings. The maximum absolute atomic E-state index is 11.9. The number of nitrogens with one attached hydrogen (secondary N) is 2. The highest BCUT2D eigenvalue weighted by atomic mass is 32.2. The summed E-state index contributed by atoms with van der Waals surface area (Å²) in [6.07, 6.45) is -10.3. The highest BCUT2D eigenvalue weighted by molar-refractivity contribution is 7.90. The van der Waals surface area contributed by atoms with Gasteiger partial charge >= 0.3 is 24.2 Å². The lowest BCUT2D eigenvalue weighted by molar-refractivity contribution is -0.384. The van der Waals surface area contributed by atoms with E-state index in [9.17, 15) is 54.5 Å². The van der Waals surface area contributed by atoms with Gasteiger partial charge in [-0.25, -0.2) is 13.1 Å². The summed E-state index contributed by atoms with van der Waals surface area (Å²) in [5, 5.41) is 11.8. The smallest absolute Gasteiger partial charge is 0.399 e. The van der Waals surface area contributed by atoms with Gasteiger partial charge in [0, 0.05) is 23.5 Å². The van der Waals surface area contributed by atoms with Crippen LogP contribution in [0.2, 0.25) is 0 Å². The largest absolute Gasteiger partial charge is 0.472 e. The van der Waals surface area contributed by atoms with Gasteiger partial charge in [0.25, 0.3) is 15.7 Å². The minimum atomic E-state index is -5.27. The Morgan fingerprint density at radius 2 is 1.45 bits per heavy atom. The van der Waals surface area contributed by atoms with Crippen molar-refractivity contribution in [1.82, 2.24) is 4.72 Å². The normalized spacial score (nSPS) is 11.6. The molecule has 33 heavy (non-hydrogen) atoms. The Balaban J connectivity index is 0.000000331. The van der Waals surface area contributed by atoms with Crippen molar-refractivity contribution in [2.24, 2.45) is 0 Å². The van der Waals surface area contributed by atoms with E-state index in [0.29, 0.717) is 0 Å². The fraction of sp³-hybridized carbons (Fsp3) is 0.125. The monoisotopic (exact) mass is 502 g/mol. The maximum atomic E-state index is 11.9. The van der Waals surface area contributed by atoms with E-state index in [0.717, 1.165) is 35.1 Å². The van der Waals surface area contributed by atoms with Crippen LogP contribution in [0.1, 0.15) is 0 Å². The fourth-order valence-corrected chi connectivity index (χ4v) is 2.85. The summed E-state index contributed by atoms with van der Waals surface area (Å²) in [5.74, 6) is -4.73. The number of hydrogen-bond acceptors (Lipinski definition) is 7. The fourth-order valence-electron chi connectivity index (χ4n) is 1.82. The zero-order chi connectivity index (χ0) is 25.6. The van der Waals surface area contributed by atoms with Crippen molar-refractivity contribution in [3.63, 3.8) is 0 Å². The molecule has 2 aromatic carbocycles.